The van der Waals surface area contributed by atoms with Gasteiger partial charge in [0, 0.05) is 6.54 Å². The van der Waals surface area contributed by atoms with Crippen LogP contribution in [0.3, 0.4) is 0 Å². The molecule has 1 N–H and O–H groups in total. The second-order valence-electron chi connectivity index (χ2n) is 7.78. The number of esters is 1. The molecule has 132 valence electrons. The van der Waals surface area contributed by atoms with Gasteiger partial charge in [0.15, 0.2) is 0 Å². The van der Waals surface area contributed by atoms with Crippen molar-refractivity contribution in [2.45, 2.75) is 71.6 Å². The van der Waals surface area contributed by atoms with Crippen molar-refractivity contribution in [3.05, 3.63) is 0 Å². The van der Waals surface area contributed by atoms with Crippen LogP contribution in [0.25, 0.3) is 0 Å². The summed E-state index contributed by atoms with van der Waals surface area (Å²) in [5.74, 6) is -2.25. The van der Waals surface area contributed by atoms with Crippen LogP contribution in [-0.2, 0) is 19.1 Å². The Morgan fingerprint density at radius 2 is 1.52 bits per heavy atom. The third-order valence-corrected chi connectivity index (χ3v) is 3.26. The maximum atomic E-state index is 12.4. The number of carboxylic acid groups (broad SMARTS) is 1. The summed E-state index contributed by atoms with van der Waals surface area (Å²) in [5, 5.41) is 9.19. The molecule has 1 aliphatic rings. The van der Waals surface area contributed by atoms with Crippen LogP contribution in [0.2, 0.25) is 0 Å². The third kappa shape index (κ3) is 6.08. The van der Waals surface area contributed by atoms with Gasteiger partial charge < -0.3 is 14.6 Å². The van der Waals surface area contributed by atoms with Gasteiger partial charge in [0.05, 0.1) is 5.92 Å². The zero-order valence-electron chi connectivity index (χ0n) is 14.7. The van der Waals surface area contributed by atoms with Crippen LogP contribution in [0.1, 0.15) is 54.4 Å². The van der Waals surface area contributed by atoms with Crippen LogP contribution in [0.5, 0.6) is 0 Å². The molecule has 0 aromatic rings. The summed E-state index contributed by atoms with van der Waals surface area (Å²) in [6.45, 7) is 10.5. The smallest absolute Gasteiger partial charge is 0.411 e. The standard InChI is InChI=1S/C16H27NO6/c1-15(2,3)22-13(20)11-9-10(12(18)19)7-8-17(11)14(21)23-16(4,5)6/h10-11H,7-9H2,1-6H3,(H,18,19). The highest BCUT2D eigenvalue weighted by atomic mass is 16.6. The van der Waals surface area contributed by atoms with Crippen LogP contribution in [-0.4, -0.2) is 51.8 Å². The zero-order valence-corrected chi connectivity index (χ0v) is 14.7. The lowest BCUT2D eigenvalue weighted by molar-refractivity contribution is -0.164. The van der Waals surface area contributed by atoms with Gasteiger partial charge in [-0.25, -0.2) is 9.59 Å². The van der Waals surface area contributed by atoms with Gasteiger partial charge in [0.25, 0.3) is 0 Å². The van der Waals surface area contributed by atoms with Crippen LogP contribution in [0.15, 0.2) is 0 Å². The van der Waals surface area contributed by atoms with E-state index < -0.39 is 41.2 Å². The van der Waals surface area contributed by atoms with E-state index >= 15 is 0 Å². The van der Waals surface area contributed by atoms with Crippen molar-refractivity contribution in [3.8, 4) is 0 Å². The van der Waals surface area contributed by atoms with Crippen molar-refractivity contribution in [1.29, 1.82) is 0 Å². The van der Waals surface area contributed by atoms with E-state index in [0.29, 0.717) is 0 Å². The number of carbonyl (C=O) groups excluding carboxylic acids is 2. The molecular formula is C16H27NO6. The first-order valence-electron chi connectivity index (χ1n) is 7.75. The van der Waals surface area contributed by atoms with Crippen LogP contribution in [0, 0.1) is 5.92 Å². The van der Waals surface area contributed by atoms with Crippen molar-refractivity contribution >= 4 is 18.0 Å². The Kier molecular flexibility index (Phi) is 5.66. The monoisotopic (exact) mass is 329 g/mol. The molecule has 0 saturated carbocycles. The van der Waals surface area contributed by atoms with Crippen molar-refractivity contribution in [2.75, 3.05) is 6.54 Å². The molecule has 1 heterocycles. The van der Waals surface area contributed by atoms with E-state index in [2.05, 4.69) is 0 Å². The highest BCUT2D eigenvalue weighted by molar-refractivity contribution is 5.83. The minimum atomic E-state index is -0.970. The zero-order chi connectivity index (χ0) is 18.0. The second kappa shape index (κ2) is 6.76. The largest absolute Gasteiger partial charge is 0.481 e. The Morgan fingerprint density at radius 1 is 1.00 bits per heavy atom. The number of likely N-dealkylation sites (tertiary alicyclic amines) is 1. The summed E-state index contributed by atoms with van der Waals surface area (Å²) in [5.41, 5.74) is -1.41. The third-order valence-electron chi connectivity index (χ3n) is 3.26. The maximum absolute atomic E-state index is 12.4. The number of carboxylic acids is 1. The first-order valence-corrected chi connectivity index (χ1v) is 7.75. The lowest BCUT2D eigenvalue weighted by atomic mass is 9.91. The molecule has 0 radical (unpaired) electrons. The fraction of sp³-hybridized carbons (Fsp3) is 0.812. The van der Waals surface area contributed by atoms with Gasteiger partial charge in [-0.1, -0.05) is 0 Å². The number of piperidine rings is 1. The molecule has 23 heavy (non-hydrogen) atoms. The lowest BCUT2D eigenvalue weighted by Gasteiger charge is -2.38. The Morgan fingerprint density at radius 3 is 1.96 bits per heavy atom. The molecule has 2 atom stereocenters. The molecule has 2 unspecified atom stereocenters. The van der Waals surface area contributed by atoms with E-state index in [1.165, 1.54) is 4.90 Å². The molecule has 1 rings (SSSR count). The summed E-state index contributed by atoms with van der Waals surface area (Å²) in [7, 11) is 0. The first kappa shape index (κ1) is 19.3. The van der Waals surface area contributed by atoms with Crippen LogP contribution in [0.4, 0.5) is 4.79 Å². The summed E-state index contributed by atoms with van der Waals surface area (Å²) in [6.07, 6.45) is -0.311. The molecule has 0 aromatic carbocycles. The molecule has 7 heteroatoms. The van der Waals surface area contributed by atoms with E-state index in [1.807, 2.05) is 0 Å². The number of nitrogens with zero attached hydrogens (tertiary/aromatic N) is 1. The number of rotatable bonds is 2. The van der Waals surface area contributed by atoms with Crippen LogP contribution >= 0.6 is 0 Å². The first-order chi connectivity index (χ1) is 10.3. The summed E-state index contributed by atoms with van der Waals surface area (Å²) in [6, 6.07) is -0.945. The van der Waals surface area contributed by atoms with Gasteiger partial charge in [-0.15, -0.1) is 0 Å². The molecule has 0 bridgehead atoms. The highest BCUT2D eigenvalue weighted by Crippen LogP contribution is 2.27. The molecule has 1 saturated heterocycles. The summed E-state index contributed by atoms with van der Waals surface area (Å²) >= 11 is 0. The summed E-state index contributed by atoms with van der Waals surface area (Å²) < 4.78 is 10.6. The van der Waals surface area contributed by atoms with Gasteiger partial charge in [-0.05, 0) is 54.4 Å². The fourth-order valence-electron chi connectivity index (χ4n) is 2.32. The van der Waals surface area contributed by atoms with Gasteiger partial charge in [-0.2, -0.15) is 0 Å². The van der Waals surface area contributed by atoms with Gasteiger partial charge in [0.1, 0.15) is 17.2 Å². The molecule has 7 nitrogen and oxygen atoms in total. The minimum Gasteiger partial charge on any atom is -0.481 e. The molecule has 0 spiro atoms. The molecule has 0 aliphatic carbocycles. The molecule has 0 aromatic heterocycles. The highest BCUT2D eigenvalue weighted by Gasteiger charge is 2.42. The average Bonchev–Trinajstić information content (AvgIpc) is 2.33. The number of amides is 1. The lowest BCUT2D eigenvalue weighted by Crippen LogP contribution is -2.53. The SMILES string of the molecule is CC(C)(C)OC(=O)C1CC(C(=O)O)CCN1C(=O)OC(C)(C)C. The Bertz CT molecular complexity index is 474. The predicted octanol–water partition coefficient (Wildman–Crippen LogP) is 2.43. The normalized spacial score (nSPS) is 22.4. The van der Waals surface area contributed by atoms with Gasteiger partial charge >= 0.3 is 18.0 Å². The van der Waals surface area contributed by atoms with E-state index in [-0.39, 0.29) is 19.4 Å². The fourth-order valence-corrected chi connectivity index (χ4v) is 2.32. The Labute approximate surface area is 136 Å². The van der Waals surface area contributed by atoms with Crippen molar-refractivity contribution in [1.82, 2.24) is 4.90 Å². The molecule has 1 amide bonds. The van der Waals surface area contributed by atoms with Crippen molar-refractivity contribution < 1.29 is 29.0 Å². The topological polar surface area (TPSA) is 93.1 Å². The predicted molar refractivity (Wildman–Crippen MR) is 82.9 cm³/mol. The number of aliphatic carboxylic acids is 1. The van der Waals surface area contributed by atoms with Gasteiger partial charge in [-0.3, -0.25) is 9.69 Å². The molecule has 1 aliphatic heterocycles. The number of hydrogen-bond donors (Lipinski definition) is 1. The summed E-state index contributed by atoms with van der Waals surface area (Å²) in [4.78, 5) is 37.2. The van der Waals surface area contributed by atoms with Crippen molar-refractivity contribution in [2.24, 2.45) is 5.92 Å². The molecular weight excluding hydrogens is 302 g/mol. The maximum Gasteiger partial charge on any atom is 0.411 e. The van der Waals surface area contributed by atoms with Gasteiger partial charge in [0.2, 0.25) is 0 Å². The average molecular weight is 329 g/mol. The van der Waals surface area contributed by atoms with E-state index in [4.69, 9.17) is 9.47 Å². The minimum absolute atomic E-state index is 0.0312. The quantitative estimate of drug-likeness (QED) is 0.782. The number of carbonyl (C=O) groups is 3. The van der Waals surface area contributed by atoms with E-state index in [1.54, 1.807) is 41.5 Å². The van der Waals surface area contributed by atoms with Crippen molar-refractivity contribution in [3.63, 3.8) is 0 Å². The molecule has 1 fully saturated rings. The number of hydrogen-bond acceptors (Lipinski definition) is 5. The second-order valence-corrected chi connectivity index (χ2v) is 7.78. The van der Waals surface area contributed by atoms with E-state index in [0.717, 1.165) is 0 Å². The Hall–Kier alpha value is -1.79. The number of ether oxygens (including phenoxy) is 2. The Balaban J connectivity index is 2.95. The van der Waals surface area contributed by atoms with E-state index in [9.17, 15) is 19.5 Å². The van der Waals surface area contributed by atoms with Crippen LogP contribution < -0.4 is 0 Å².